The lowest BCUT2D eigenvalue weighted by molar-refractivity contribution is 0.0942. The summed E-state index contributed by atoms with van der Waals surface area (Å²) in [7, 11) is 0. The molecule has 6 rings (SSSR count). The Balaban J connectivity index is 1.57. The van der Waals surface area contributed by atoms with Crippen molar-refractivity contribution in [3.05, 3.63) is 60.3 Å². The van der Waals surface area contributed by atoms with Crippen molar-refractivity contribution in [3.63, 3.8) is 0 Å². The summed E-state index contributed by atoms with van der Waals surface area (Å²) in [6.45, 7) is 2.96. The first kappa shape index (κ1) is 18.6. The summed E-state index contributed by atoms with van der Waals surface area (Å²) in [4.78, 5) is 19.0. The highest BCUT2D eigenvalue weighted by Gasteiger charge is 2.45. The molecule has 3 aromatic heterocycles. The molecule has 6 heteroatoms. The van der Waals surface area contributed by atoms with Crippen LogP contribution in [0.4, 0.5) is 0 Å². The molecule has 1 saturated carbocycles. The van der Waals surface area contributed by atoms with Crippen LogP contribution in [0.5, 0.6) is 0 Å². The van der Waals surface area contributed by atoms with Gasteiger partial charge in [0.15, 0.2) is 0 Å². The van der Waals surface area contributed by atoms with Crippen molar-refractivity contribution in [1.82, 2.24) is 24.5 Å². The van der Waals surface area contributed by atoms with E-state index in [0.717, 1.165) is 83.8 Å². The molecular weight excluding hydrogens is 386 g/mol. The maximum atomic E-state index is 10.1. The zero-order valence-electron chi connectivity index (χ0n) is 17.6. The van der Waals surface area contributed by atoms with Crippen LogP contribution in [0.25, 0.3) is 33.7 Å². The Morgan fingerprint density at radius 3 is 2.58 bits per heavy atom. The average Bonchev–Trinajstić information content (AvgIpc) is 3.34. The van der Waals surface area contributed by atoms with E-state index < -0.39 is 0 Å². The third kappa shape index (κ3) is 2.97. The zero-order valence-corrected chi connectivity index (χ0v) is 17.6. The highest BCUT2D eigenvalue weighted by atomic mass is 16.3. The Morgan fingerprint density at radius 2 is 1.77 bits per heavy atom. The van der Waals surface area contributed by atoms with E-state index in [9.17, 15) is 5.11 Å². The molecule has 1 spiro atoms. The van der Waals surface area contributed by atoms with Crippen LogP contribution >= 0.6 is 0 Å². The first-order chi connectivity index (χ1) is 15.1. The normalized spacial score (nSPS) is 22.8. The maximum absolute atomic E-state index is 10.1. The second-order valence-electron chi connectivity index (χ2n) is 8.97. The van der Waals surface area contributed by atoms with Gasteiger partial charge >= 0.3 is 0 Å². The first-order valence-corrected chi connectivity index (χ1v) is 11.1. The van der Waals surface area contributed by atoms with Crippen LogP contribution in [0.15, 0.2) is 48.8 Å². The molecule has 4 heterocycles. The van der Waals surface area contributed by atoms with Crippen LogP contribution in [0.2, 0.25) is 0 Å². The van der Waals surface area contributed by atoms with E-state index in [-0.39, 0.29) is 11.5 Å². The fraction of sp³-hybridized carbons (Fsp3) is 0.360. The van der Waals surface area contributed by atoms with Crippen LogP contribution in [-0.4, -0.2) is 35.7 Å². The first-order valence-electron chi connectivity index (χ1n) is 11.1. The van der Waals surface area contributed by atoms with Crippen LogP contribution in [-0.2, 0) is 12.0 Å². The largest absolute Gasteiger partial charge is 0.393 e. The van der Waals surface area contributed by atoms with Gasteiger partial charge in [-0.05, 0) is 63.3 Å². The van der Waals surface area contributed by atoms with Gasteiger partial charge in [-0.3, -0.25) is 15.0 Å². The highest BCUT2D eigenvalue weighted by molar-refractivity contribution is 5.85. The van der Waals surface area contributed by atoms with E-state index in [4.69, 9.17) is 9.97 Å². The minimum atomic E-state index is -0.175. The van der Waals surface area contributed by atoms with Gasteiger partial charge in [-0.2, -0.15) is 0 Å². The molecule has 0 bridgehead atoms. The zero-order chi connectivity index (χ0) is 21.0. The lowest BCUT2D eigenvalue weighted by Gasteiger charge is -2.34. The van der Waals surface area contributed by atoms with Gasteiger partial charge in [0.2, 0.25) is 0 Å². The molecule has 0 unspecified atom stereocenters. The number of hydrogen-bond donors (Lipinski definition) is 1. The lowest BCUT2D eigenvalue weighted by atomic mass is 9.72. The minimum absolute atomic E-state index is 0.0622. The number of nitrogens with zero attached hydrogens (tertiary/aromatic N) is 5. The Kier molecular flexibility index (Phi) is 4.18. The van der Waals surface area contributed by atoms with Crippen molar-refractivity contribution >= 4 is 11.0 Å². The molecule has 0 atom stereocenters. The van der Waals surface area contributed by atoms with E-state index in [1.165, 1.54) is 0 Å². The molecule has 1 fully saturated rings. The summed E-state index contributed by atoms with van der Waals surface area (Å²) in [6, 6.07) is 12.4. The van der Waals surface area contributed by atoms with Gasteiger partial charge in [0.05, 0.1) is 28.5 Å². The average molecular weight is 412 g/mol. The predicted octanol–water partition coefficient (Wildman–Crippen LogP) is 4.44. The highest BCUT2D eigenvalue weighted by Crippen LogP contribution is 2.49. The van der Waals surface area contributed by atoms with Crippen molar-refractivity contribution in [1.29, 1.82) is 0 Å². The van der Waals surface area contributed by atoms with Crippen LogP contribution in [0, 0.1) is 6.92 Å². The van der Waals surface area contributed by atoms with Crippen molar-refractivity contribution in [3.8, 4) is 22.6 Å². The molecule has 31 heavy (non-hydrogen) atoms. The fourth-order valence-corrected chi connectivity index (χ4v) is 5.40. The number of hydrogen-bond acceptors (Lipinski definition) is 5. The maximum Gasteiger partial charge on any atom is 0.116 e. The van der Waals surface area contributed by atoms with Gasteiger partial charge in [-0.1, -0.05) is 12.1 Å². The van der Waals surface area contributed by atoms with Crippen LogP contribution in [0.3, 0.4) is 0 Å². The molecular formula is C25H25N5O. The van der Waals surface area contributed by atoms with Gasteiger partial charge in [-0.15, -0.1) is 0 Å². The number of imidazole rings is 1. The quantitative estimate of drug-likeness (QED) is 0.528. The summed E-state index contributed by atoms with van der Waals surface area (Å²) in [5, 5.41) is 10.1. The lowest BCUT2D eigenvalue weighted by Crippen LogP contribution is -2.32. The summed E-state index contributed by atoms with van der Waals surface area (Å²) in [5.41, 5.74) is 6.87. The van der Waals surface area contributed by atoms with Crippen molar-refractivity contribution < 1.29 is 5.11 Å². The number of rotatable bonds is 2. The molecule has 1 aliphatic heterocycles. The predicted molar refractivity (Wildman–Crippen MR) is 119 cm³/mol. The molecule has 6 nitrogen and oxygen atoms in total. The third-order valence-electron chi connectivity index (χ3n) is 7.04. The Morgan fingerprint density at radius 1 is 0.968 bits per heavy atom. The van der Waals surface area contributed by atoms with Gasteiger partial charge < -0.3 is 9.67 Å². The number of aryl methyl sites for hydroxylation is 1. The summed E-state index contributed by atoms with van der Waals surface area (Å²) < 4.78 is 2.40. The molecule has 156 valence electrons. The molecule has 4 aromatic rings. The van der Waals surface area contributed by atoms with Gasteiger partial charge in [0.25, 0.3) is 0 Å². The molecule has 1 N–H and O–H groups in total. The van der Waals surface area contributed by atoms with Crippen molar-refractivity contribution in [2.75, 3.05) is 0 Å². The number of pyridine rings is 1. The van der Waals surface area contributed by atoms with E-state index in [2.05, 4.69) is 26.7 Å². The topological polar surface area (TPSA) is 76.7 Å². The molecule has 2 aliphatic rings. The second kappa shape index (κ2) is 6.95. The van der Waals surface area contributed by atoms with Crippen LogP contribution < -0.4 is 0 Å². The standard InChI is InChI=1S/C25H25N5O/c1-16-3-2-4-20(28-16)22-23(17-5-6-19-21(15-17)27-13-12-26-19)30-14-11-25(24(30)29-22)9-7-18(31)8-10-25/h2-6,12-13,15,18,31H,7-11,14H2,1H3/t18-,25+. The van der Waals surface area contributed by atoms with Gasteiger partial charge in [-0.25, -0.2) is 4.98 Å². The molecule has 0 saturated heterocycles. The van der Waals surface area contributed by atoms with Crippen molar-refractivity contribution in [2.24, 2.45) is 0 Å². The number of aromatic nitrogens is 5. The number of fused-ring (bicyclic) bond motifs is 3. The summed E-state index contributed by atoms with van der Waals surface area (Å²) in [5.74, 6) is 1.16. The van der Waals surface area contributed by atoms with E-state index in [0.29, 0.717) is 0 Å². The molecule has 1 aromatic carbocycles. The minimum Gasteiger partial charge on any atom is -0.393 e. The third-order valence-corrected chi connectivity index (χ3v) is 7.04. The Bertz CT molecular complexity index is 1290. The summed E-state index contributed by atoms with van der Waals surface area (Å²) >= 11 is 0. The smallest absolute Gasteiger partial charge is 0.116 e. The van der Waals surface area contributed by atoms with E-state index >= 15 is 0 Å². The fourth-order valence-electron chi connectivity index (χ4n) is 5.40. The van der Waals surface area contributed by atoms with Gasteiger partial charge in [0, 0.05) is 35.6 Å². The van der Waals surface area contributed by atoms with E-state index in [1.54, 1.807) is 12.4 Å². The summed E-state index contributed by atoms with van der Waals surface area (Å²) in [6.07, 6.45) is 8.07. The number of aliphatic hydroxyl groups is 1. The molecule has 0 amide bonds. The van der Waals surface area contributed by atoms with Crippen molar-refractivity contribution in [2.45, 2.75) is 57.1 Å². The monoisotopic (exact) mass is 411 g/mol. The van der Waals surface area contributed by atoms with Crippen LogP contribution in [0.1, 0.15) is 43.6 Å². The van der Waals surface area contributed by atoms with Gasteiger partial charge in [0.1, 0.15) is 11.5 Å². The number of aliphatic hydroxyl groups excluding tert-OH is 1. The second-order valence-corrected chi connectivity index (χ2v) is 8.97. The molecule has 1 aliphatic carbocycles. The Hall–Kier alpha value is -3.12. The number of benzene rings is 1. The SMILES string of the molecule is Cc1cccc(-c2nc3n(c2-c2ccc4nccnc4c2)CC[C@]32CC[C@H](O)CC2)n1. The molecule has 0 radical (unpaired) electrons. The Labute approximate surface area is 181 Å². The van der Waals surface area contributed by atoms with E-state index in [1.807, 2.05) is 31.2 Å².